The molecule has 1 saturated heterocycles. The topological polar surface area (TPSA) is 32.3 Å². The Morgan fingerprint density at radius 2 is 2.27 bits per heavy atom. The Labute approximate surface area is 67.8 Å². The summed E-state index contributed by atoms with van der Waals surface area (Å²) < 4.78 is 0. The molecule has 0 radical (unpaired) electrons. The van der Waals surface area contributed by atoms with E-state index in [1.165, 1.54) is 0 Å². The van der Waals surface area contributed by atoms with Crippen LogP contribution in [-0.4, -0.2) is 37.0 Å². The van der Waals surface area contributed by atoms with Gasteiger partial charge in [-0.05, 0) is 33.4 Å². The Hall–Kier alpha value is -0.570. The Balaban J connectivity index is 2.72. The summed E-state index contributed by atoms with van der Waals surface area (Å²) in [6.45, 7) is 3.03. The van der Waals surface area contributed by atoms with Crippen molar-refractivity contribution in [1.29, 1.82) is 0 Å². The molecular weight excluding hydrogens is 140 g/mol. The molecule has 0 aliphatic carbocycles. The first-order chi connectivity index (χ1) is 5.11. The minimum Gasteiger partial charge on any atom is -0.358 e. The van der Waals surface area contributed by atoms with E-state index >= 15 is 0 Å². The number of carbonyl (C=O) groups excluding carboxylic acids is 1. The Kier molecular flexibility index (Phi) is 2.18. The zero-order valence-corrected chi connectivity index (χ0v) is 7.48. The molecule has 1 aliphatic rings. The summed E-state index contributed by atoms with van der Waals surface area (Å²) >= 11 is 0. The van der Waals surface area contributed by atoms with E-state index < -0.39 is 0 Å². The van der Waals surface area contributed by atoms with Gasteiger partial charge in [0.25, 0.3) is 0 Å². The summed E-state index contributed by atoms with van der Waals surface area (Å²) in [6, 6.07) is 0. The van der Waals surface area contributed by atoms with Crippen molar-refractivity contribution in [1.82, 2.24) is 10.2 Å². The lowest BCUT2D eigenvalue weighted by Gasteiger charge is -2.29. The Bertz CT molecular complexity index is 169. The van der Waals surface area contributed by atoms with Crippen LogP contribution < -0.4 is 5.32 Å². The molecule has 1 aliphatic heterocycles. The summed E-state index contributed by atoms with van der Waals surface area (Å²) in [5.74, 6) is 0.137. The van der Waals surface area contributed by atoms with Crippen molar-refractivity contribution in [2.24, 2.45) is 0 Å². The lowest BCUT2D eigenvalue weighted by atomic mass is 9.98. The van der Waals surface area contributed by atoms with Crippen LogP contribution in [0.4, 0.5) is 0 Å². The van der Waals surface area contributed by atoms with E-state index in [2.05, 4.69) is 10.2 Å². The maximum Gasteiger partial charge on any atom is 0.239 e. The van der Waals surface area contributed by atoms with E-state index in [1.807, 2.05) is 14.0 Å². The van der Waals surface area contributed by atoms with Crippen molar-refractivity contribution in [3.05, 3.63) is 0 Å². The second kappa shape index (κ2) is 2.81. The fourth-order valence-corrected chi connectivity index (χ4v) is 1.65. The predicted molar refractivity (Wildman–Crippen MR) is 44.3 cm³/mol. The zero-order valence-electron chi connectivity index (χ0n) is 7.48. The van der Waals surface area contributed by atoms with Gasteiger partial charge in [0.2, 0.25) is 5.91 Å². The van der Waals surface area contributed by atoms with E-state index in [0.717, 1.165) is 19.4 Å². The lowest BCUT2D eigenvalue weighted by Crippen LogP contribution is -2.50. The van der Waals surface area contributed by atoms with E-state index in [9.17, 15) is 4.79 Å². The van der Waals surface area contributed by atoms with Crippen molar-refractivity contribution in [3.8, 4) is 0 Å². The molecule has 1 heterocycles. The summed E-state index contributed by atoms with van der Waals surface area (Å²) in [7, 11) is 3.70. The predicted octanol–water partition coefficient (Wildman–Crippen LogP) is 0.217. The quantitative estimate of drug-likeness (QED) is 0.589. The summed E-state index contributed by atoms with van der Waals surface area (Å²) in [5, 5.41) is 2.70. The highest BCUT2D eigenvalue weighted by molar-refractivity contribution is 5.85. The molecule has 1 N–H and O–H groups in total. The molecule has 3 nitrogen and oxygen atoms in total. The molecule has 0 spiro atoms. The summed E-state index contributed by atoms with van der Waals surface area (Å²) in [5.41, 5.74) is -0.255. The highest BCUT2D eigenvalue weighted by Gasteiger charge is 2.40. The number of likely N-dealkylation sites (tertiary alicyclic amines) is 1. The van der Waals surface area contributed by atoms with Crippen molar-refractivity contribution >= 4 is 5.91 Å². The molecule has 1 unspecified atom stereocenters. The molecule has 1 fully saturated rings. The van der Waals surface area contributed by atoms with E-state index in [0.29, 0.717) is 0 Å². The highest BCUT2D eigenvalue weighted by Crippen LogP contribution is 2.26. The first-order valence-corrected chi connectivity index (χ1v) is 4.04. The molecule has 1 amide bonds. The molecule has 1 rings (SSSR count). The standard InChI is InChI=1S/C8H16N2O/c1-8(7(11)9-2)5-4-6-10(8)3/h4-6H2,1-3H3,(H,9,11). The fourth-order valence-electron chi connectivity index (χ4n) is 1.65. The highest BCUT2D eigenvalue weighted by atomic mass is 16.2. The lowest BCUT2D eigenvalue weighted by molar-refractivity contribution is -0.129. The second-order valence-electron chi connectivity index (χ2n) is 3.38. The maximum atomic E-state index is 11.4. The normalized spacial score (nSPS) is 32.3. The van der Waals surface area contributed by atoms with Crippen LogP contribution in [0.25, 0.3) is 0 Å². The van der Waals surface area contributed by atoms with Gasteiger partial charge in [0, 0.05) is 7.05 Å². The van der Waals surface area contributed by atoms with Crippen molar-refractivity contribution in [3.63, 3.8) is 0 Å². The van der Waals surface area contributed by atoms with Gasteiger partial charge >= 0.3 is 0 Å². The first-order valence-electron chi connectivity index (χ1n) is 4.04. The maximum absolute atomic E-state index is 11.4. The molecule has 3 heteroatoms. The number of hydrogen-bond acceptors (Lipinski definition) is 2. The van der Waals surface area contributed by atoms with E-state index in [1.54, 1.807) is 7.05 Å². The van der Waals surface area contributed by atoms with Gasteiger partial charge in [-0.15, -0.1) is 0 Å². The third-order valence-corrected chi connectivity index (χ3v) is 2.72. The van der Waals surface area contributed by atoms with Gasteiger partial charge in [-0.25, -0.2) is 0 Å². The minimum absolute atomic E-state index is 0.137. The van der Waals surface area contributed by atoms with Crippen LogP contribution >= 0.6 is 0 Å². The van der Waals surface area contributed by atoms with Crippen LogP contribution in [0, 0.1) is 0 Å². The average molecular weight is 156 g/mol. The van der Waals surface area contributed by atoms with Crippen molar-refractivity contribution in [2.75, 3.05) is 20.6 Å². The SMILES string of the molecule is CNC(=O)C1(C)CCCN1C. The van der Waals surface area contributed by atoms with E-state index in [-0.39, 0.29) is 11.4 Å². The summed E-state index contributed by atoms with van der Waals surface area (Å²) in [4.78, 5) is 13.5. The van der Waals surface area contributed by atoms with Gasteiger partial charge < -0.3 is 5.32 Å². The van der Waals surface area contributed by atoms with Gasteiger partial charge in [-0.3, -0.25) is 9.69 Å². The van der Waals surface area contributed by atoms with Crippen molar-refractivity contribution < 1.29 is 4.79 Å². The Morgan fingerprint density at radius 1 is 1.64 bits per heavy atom. The number of rotatable bonds is 1. The van der Waals surface area contributed by atoms with Gasteiger partial charge in [-0.2, -0.15) is 0 Å². The van der Waals surface area contributed by atoms with Gasteiger partial charge in [0.15, 0.2) is 0 Å². The van der Waals surface area contributed by atoms with Gasteiger partial charge in [0.05, 0.1) is 5.54 Å². The summed E-state index contributed by atoms with van der Waals surface area (Å²) in [6.07, 6.45) is 2.10. The third kappa shape index (κ3) is 1.25. The average Bonchev–Trinajstić information content (AvgIpc) is 2.32. The number of hydrogen-bond donors (Lipinski definition) is 1. The molecule has 0 bridgehead atoms. The van der Waals surface area contributed by atoms with Crippen LogP contribution in [0.3, 0.4) is 0 Å². The molecule has 0 aromatic carbocycles. The fraction of sp³-hybridized carbons (Fsp3) is 0.875. The van der Waals surface area contributed by atoms with Crippen molar-refractivity contribution in [2.45, 2.75) is 25.3 Å². The van der Waals surface area contributed by atoms with E-state index in [4.69, 9.17) is 0 Å². The number of nitrogens with one attached hydrogen (secondary N) is 1. The smallest absolute Gasteiger partial charge is 0.239 e. The monoisotopic (exact) mass is 156 g/mol. The van der Waals surface area contributed by atoms with Crippen LogP contribution in [0.2, 0.25) is 0 Å². The number of likely N-dealkylation sites (N-methyl/N-ethyl adjacent to an activating group) is 2. The van der Waals surface area contributed by atoms with Crippen LogP contribution in [-0.2, 0) is 4.79 Å². The molecule has 11 heavy (non-hydrogen) atoms. The largest absolute Gasteiger partial charge is 0.358 e. The number of carbonyl (C=O) groups is 1. The molecule has 0 aromatic rings. The van der Waals surface area contributed by atoms with Crippen LogP contribution in [0.15, 0.2) is 0 Å². The second-order valence-corrected chi connectivity index (χ2v) is 3.38. The van der Waals surface area contributed by atoms with Crippen LogP contribution in [0.1, 0.15) is 19.8 Å². The zero-order chi connectivity index (χ0) is 8.48. The number of nitrogens with zero attached hydrogens (tertiary/aromatic N) is 1. The number of amides is 1. The molecular formula is C8H16N2O. The molecule has 0 aromatic heterocycles. The molecule has 1 atom stereocenters. The third-order valence-electron chi connectivity index (χ3n) is 2.72. The van der Waals surface area contributed by atoms with Gasteiger partial charge in [-0.1, -0.05) is 0 Å². The minimum atomic E-state index is -0.255. The van der Waals surface area contributed by atoms with Gasteiger partial charge in [0.1, 0.15) is 0 Å². The van der Waals surface area contributed by atoms with Crippen LogP contribution in [0.5, 0.6) is 0 Å². The first kappa shape index (κ1) is 8.53. The molecule has 0 saturated carbocycles. The molecule has 64 valence electrons. The Morgan fingerprint density at radius 3 is 2.64 bits per heavy atom.